The second-order valence-corrected chi connectivity index (χ2v) is 9.24. The molecule has 0 unspecified atom stereocenters. The van der Waals surface area contributed by atoms with Gasteiger partial charge in [-0.25, -0.2) is 4.98 Å². The lowest BCUT2D eigenvalue weighted by atomic mass is 9.76. The lowest BCUT2D eigenvalue weighted by molar-refractivity contribution is -0.137. The number of β-amino-alcohol motifs (C(OH)–C–C–N with tert-alkyl or cyclic N) is 1. The van der Waals surface area contributed by atoms with E-state index in [-0.39, 0.29) is 36.3 Å². The summed E-state index contributed by atoms with van der Waals surface area (Å²) < 4.78 is 41.3. The minimum Gasteiger partial charge on any atom is -0.389 e. The first-order valence-electron chi connectivity index (χ1n) is 11.5. The molecule has 1 fully saturated rings. The second kappa shape index (κ2) is 8.66. The fraction of sp³-hybridized carbons (Fsp3) is 0.400. The molecule has 5 rings (SSSR count). The van der Waals surface area contributed by atoms with Crippen LogP contribution in [-0.2, 0) is 25.6 Å². The summed E-state index contributed by atoms with van der Waals surface area (Å²) in [6.45, 7) is 1.12. The minimum absolute atomic E-state index is 0.00707. The molecule has 0 bridgehead atoms. The Morgan fingerprint density at radius 3 is 2.77 bits per heavy atom. The van der Waals surface area contributed by atoms with Crippen molar-refractivity contribution >= 4 is 11.6 Å². The molecule has 1 aromatic carbocycles. The van der Waals surface area contributed by atoms with Crippen molar-refractivity contribution in [1.82, 2.24) is 19.6 Å². The zero-order valence-electron chi connectivity index (χ0n) is 18.8. The third-order valence-electron chi connectivity index (χ3n) is 7.08. The van der Waals surface area contributed by atoms with Gasteiger partial charge >= 0.3 is 6.18 Å². The zero-order chi connectivity index (χ0) is 24.8. The van der Waals surface area contributed by atoms with Gasteiger partial charge in [0.15, 0.2) is 0 Å². The SMILES string of the molecule is N#CCCc1cc(C(F)(F)F)cn2cc(C(=O)N3CC[C@]4(Cc5ccccc5CN4)[C@H](O)C3)nc12. The first-order valence-corrected chi connectivity index (χ1v) is 11.5. The average Bonchev–Trinajstić information content (AvgIpc) is 3.28. The van der Waals surface area contributed by atoms with E-state index in [0.29, 0.717) is 25.9 Å². The topological polar surface area (TPSA) is 93.7 Å². The van der Waals surface area contributed by atoms with Gasteiger partial charge in [-0.2, -0.15) is 18.4 Å². The molecule has 1 spiro atoms. The number of aliphatic hydroxyl groups excluding tert-OH is 1. The van der Waals surface area contributed by atoms with Crippen LogP contribution in [0.2, 0.25) is 0 Å². The van der Waals surface area contributed by atoms with E-state index in [1.165, 1.54) is 26.6 Å². The summed E-state index contributed by atoms with van der Waals surface area (Å²) >= 11 is 0. The maximum absolute atomic E-state index is 13.4. The minimum atomic E-state index is -4.57. The molecule has 4 heterocycles. The van der Waals surface area contributed by atoms with Crippen LogP contribution in [0.25, 0.3) is 5.65 Å². The van der Waals surface area contributed by atoms with Crippen LogP contribution in [0, 0.1) is 11.3 Å². The van der Waals surface area contributed by atoms with Crippen LogP contribution in [0.15, 0.2) is 42.7 Å². The number of carbonyl (C=O) groups excluding carboxylic acids is 1. The number of aromatic nitrogens is 2. The number of benzene rings is 1. The molecule has 2 aliphatic rings. The number of alkyl halides is 3. The van der Waals surface area contributed by atoms with Gasteiger partial charge < -0.3 is 19.7 Å². The number of piperidine rings is 1. The molecule has 1 amide bonds. The normalized spacial score (nSPS) is 22.3. The molecule has 1 saturated heterocycles. The maximum Gasteiger partial charge on any atom is 0.417 e. The molecule has 0 radical (unpaired) electrons. The molecular weight excluding hydrogens is 459 g/mol. The van der Waals surface area contributed by atoms with Gasteiger partial charge in [-0.3, -0.25) is 4.79 Å². The van der Waals surface area contributed by atoms with E-state index in [0.717, 1.165) is 12.3 Å². The number of imidazole rings is 1. The molecule has 3 aromatic rings. The molecule has 0 saturated carbocycles. The standard InChI is InChI=1S/C25H24F3N5O2/c26-25(27,28)19-10-16(6-3-8-29)22-31-20(14-33(22)13-19)23(35)32-9-7-24(21(34)15-32)11-17-4-1-2-5-18(17)12-30-24/h1-2,4-5,10,13-14,21,30,34H,3,6-7,9,11-12,15H2/t21-,24+/m1/s1. The number of hydrogen-bond acceptors (Lipinski definition) is 5. The first kappa shape index (κ1) is 23.3. The third-order valence-corrected chi connectivity index (χ3v) is 7.08. The second-order valence-electron chi connectivity index (χ2n) is 9.24. The van der Waals surface area contributed by atoms with Crippen LogP contribution in [-0.4, -0.2) is 50.0 Å². The molecule has 0 aliphatic carbocycles. The molecular formula is C25H24F3N5O2. The van der Waals surface area contributed by atoms with Gasteiger partial charge in [-0.1, -0.05) is 24.3 Å². The van der Waals surface area contributed by atoms with Gasteiger partial charge in [-0.15, -0.1) is 0 Å². The summed E-state index contributed by atoms with van der Waals surface area (Å²) in [5, 5.41) is 23.4. The van der Waals surface area contributed by atoms with E-state index in [9.17, 15) is 23.1 Å². The van der Waals surface area contributed by atoms with Gasteiger partial charge in [-0.05, 0) is 42.0 Å². The number of carbonyl (C=O) groups is 1. The molecule has 10 heteroatoms. The van der Waals surface area contributed by atoms with Crippen LogP contribution in [0.4, 0.5) is 13.2 Å². The van der Waals surface area contributed by atoms with E-state index in [1.54, 1.807) is 0 Å². The summed E-state index contributed by atoms with van der Waals surface area (Å²) in [5.41, 5.74) is 1.45. The molecule has 2 atom stereocenters. The number of rotatable bonds is 3. The van der Waals surface area contributed by atoms with Gasteiger partial charge in [0.1, 0.15) is 11.3 Å². The highest BCUT2D eigenvalue weighted by Gasteiger charge is 2.45. The molecule has 2 aliphatic heterocycles. The number of halogens is 3. The van der Waals surface area contributed by atoms with Crippen molar-refractivity contribution in [2.24, 2.45) is 0 Å². The van der Waals surface area contributed by atoms with Crippen molar-refractivity contribution in [2.75, 3.05) is 13.1 Å². The number of nitrogens with one attached hydrogen (secondary N) is 1. The van der Waals surface area contributed by atoms with Gasteiger partial charge in [0.25, 0.3) is 5.91 Å². The van der Waals surface area contributed by atoms with E-state index in [2.05, 4.69) is 22.4 Å². The molecule has 2 aromatic heterocycles. The molecule has 182 valence electrons. The van der Waals surface area contributed by atoms with Crippen LogP contribution in [0.1, 0.15) is 45.6 Å². The lowest BCUT2D eigenvalue weighted by Gasteiger charge is -2.48. The Morgan fingerprint density at radius 2 is 2.06 bits per heavy atom. The molecule has 35 heavy (non-hydrogen) atoms. The highest BCUT2D eigenvalue weighted by atomic mass is 19.4. The number of nitriles is 1. The predicted octanol–water partition coefficient (Wildman–Crippen LogP) is 3.10. The lowest BCUT2D eigenvalue weighted by Crippen LogP contribution is -2.65. The van der Waals surface area contributed by atoms with Crippen molar-refractivity contribution in [3.63, 3.8) is 0 Å². The Balaban J connectivity index is 1.39. The Labute approximate surface area is 199 Å². The van der Waals surface area contributed by atoms with Crippen molar-refractivity contribution in [1.29, 1.82) is 5.26 Å². The summed E-state index contributed by atoms with van der Waals surface area (Å²) in [7, 11) is 0. The highest BCUT2D eigenvalue weighted by molar-refractivity contribution is 5.93. The number of aliphatic hydroxyl groups is 1. The molecule has 7 nitrogen and oxygen atoms in total. The Kier molecular flexibility index (Phi) is 5.77. The summed E-state index contributed by atoms with van der Waals surface area (Å²) in [5.74, 6) is -0.446. The van der Waals surface area contributed by atoms with Crippen molar-refractivity contribution in [3.8, 4) is 6.07 Å². The Morgan fingerprint density at radius 1 is 1.29 bits per heavy atom. The number of hydrogen-bond donors (Lipinski definition) is 2. The van der Waals surface area contributed by atoms with E-state index in [1.807, 2.05) is 18.2 Å². The number of fused-ring (bicyclic) bond motifs is 2. The van der Waals surface area contributed by atoms with Gasteiger partial charge in [0.2, 0.25) is 0 Å². The van der Waals surface area contributed by atoms with Crippen molar-refractivity contribution in [2.45, 2.75) is 50.0 Å². The number of likely N-dealkylation sites (tertiary alicyclic amines) is 1. The summed E-state index contributed by atoms with van der Waals surface area (Å²) in [4.78, 5) is 19.1. The Hall–Kier alpha value is -3.42. The maximum atomic E-state index is 13.4. The number of amides is 1. The first-order chi connectivity index (χ1) is 16.7. The zero-order valence-corrected chi connectivity index (χ0v) is 18.8. The van der Waals surface area contributed by atoms with Crippen molar-refractivity contribution < 1.29 is 23.1 Å². The van der Waals surface area contributed by atoms with E-state index in [4.69, 9.17) is 5.26 Å². The van der Waals surface area contributed by atoms with Crippen LogP contribution < -0.4 is 5.32 Å². The van der Waals surface area contributed by atoms with E-state index < -0.39 is 29.3 Å². The van der Waals surface area contributed by atoms with Crippen LogP contribution in [0.5, 0.6) is 0 Å². The monoisotopic (exact) mass is 483 g/mol. The predicted molar refractivity (Wildman–Crippen MR) is 120 cm³/mol. The fourth-order valence-corrected chi connectivity index (χ4v) is 5.11. The number of aryl methyl sites for hydroxylation is 1. The fourth-order valence-electron chi connectivity index (χ4n) is 5.11. The molecule has 2 N–H and O–H groups in total. The average molecular weight is 483 g/mol. The third kappa shape index (κ3) is 4.26. The Bertz CT molecular complexity index is 1330. The van der Waals surface area contributed by atoms with Crippen LogP contribution in [0.3, 0.4) is 0 Å². The van der Waals surface area contributed by atoms with E-state index >= 15 is 0 Å². The van der Waals surface area contributed by atoms with Gasteiger partial charge in [0.05, 0.1) is 23.3 Å². The smallest absolute Gasteiger partial charge is 0.389 e. The number of pyridine rings is 1. The van der Waals surface area contributed by atoms with Gasteiger partial charge in [0, 0.05) is 38.4 Å². The number of nitrogens with zero attached hydrogens (tertiary/aromatic N) is 4. The largest absolute Gasteiger partial charge is 0.417 e. The highest BCUT2D eigenvalue weighted by Crippen LogP contribution is 2.34. The summed E-state index contributed by atoms with van der Waals surface area (Å²) in [6.07, 6.45) is -1.88. The van der Waals surface area contributed by atoms with Crippen molar-refractivity contribution in [3.05, 3.63) is 70.7 Å². The summed E-state index contributed by atoms with van der Waals surface area (Å²) in [6, 6.07) is 11.0. The quantitative estimate of drug-likeness (QED) is 0.597. The van der Waals surface area contributed by atoms with Crippen LogP contribution >= 0.6 is 0 Å².